The molecule has 1 aromatic carbocycles. The quantitative estimate of drug-likeness (QED) is 0.591. The summed E-state index contributed by atoms with van der Waals surface area (Å²) in [6, 6.07) is 6.90. The summed E-state index contributed by atoms with van der Waals surface area (Å²) in [4.78, 5) is 25.2. The van der Waals surface area contributed by atoms with Crippen molar-refractivity contribution in [3.05, 3.63) is 42.0 Å². The summed E-state index contributed by atoms with van der Waals surface area (Å²) in [5, 5.41) is 9.02. The molecule has 7 nitrogen and oxygen atoms in total. The molecule has 0 aliphatic carbocycles. The Morgan fingerprint density at radius 1 is 1.19 bits per heavy atom. The Balaban J connectivity index is 1.81. The summed E-state index contributed by atoms with van der Waals surface area (Å²) in [6.45, 7) is 4.14. The zero-order valence-corrected chi connectivity index (χ0v) is 14.9. The lowest BCUT2D eigenvalue weighted by molar-refractivity contribution is -0.150. The molecule has 0 aromatic heterocycles. The normalized spacial score (nSPS) is 28.9. The van der Waals surface area contributed by atoms with E-state index in [1.165, 1.54) is 0 Å². The van der Waals surface area contributed by atoms with Gasteiger partial charge in [0.1, 0.15) is 12.4 Å². The average Bonchev–Trinajstić information content (AvgIpc) is 2.66. The highest BCUT2D eigenvalue weighted by Gasteiger charge is 2.40. The van der Waals surface area contributed by atoms with Gasteiger partial charge in [-0.05, 0) is 19.1 Å². The minimum atomic E-state index is -0.930. The van der Waals surface area contributed by atoms with Gasteiger partial charge in [-0.2, -0.15) is 0 Å². The number of para-hydroxylation sites is 1. The summed E-state index contributed by atoms with van der Waals surface area (Å²) in [5.74, 6) is 0.135. The summed E-state index contributed by atoms with van der Waals surface area (Å²) in [7, 11) is 0. The highest BCUT2D eigenvalue weighted by atomic mass is 16.5. The van der Waals surface area contributed by atoms with E-state index in [0.29, 0.717) is 44.0 Å². The second kappa shape index (κ2) is 8.33. The molecule has 140 valence electrons. The van der Waals surface area contributed by atoms with Crippen LogP contribution in [0.3, 0.4) is 0 Å². The number of benzene rings is 1. The van der Waals surface area contributed by atoms with E-state index in [1.807, 2.05) is 25.1 Å². The van der Waals surface area contributed by atoms with Crippen LogP contribution in [0, 0.1) is 0 Å². The lowest BCUT2D eigenvalue weighted by atomic mass is 9.96. The van der Waals surface area contributed by atoms with Gasteiger partial charge >= 0.3 is 0 Å². The van der Waals surface area contributed by atoms with Crippen molar-refractivity contribution in [1.82, 2.24) is 16.0 Å². The van der Waals surface area contributed by atoms with Crippen molar-refractivity contribution < 1.29 is 19.1 Å². The van der Waals surface area contributed by atoms with Gasteiger partial charge in [0.05, 0.1) is 12.2 Å². The van der Waals surface area contributed by atoms with Crippen LogP contribution in [0.4, 0.5) is 0 Å². The maximum absolute atomic E-state index is 12.7. The highest BCUT2D eigenvalue weighted by Crippen LogP contribution is 2.21. The second-order valence-corrected chi connectivity index (χ2v) is 6.59. The Labute approximate surface area is 153 Å². The second-order valence-electron chi connectivity index (χ2n) is 6.59. The fraction of sp³-hybridized carbons (Fsp3) is 0.474. The number of rotatable bonds is 0. The fourth-order valence-electron chi connectivity index (χ4n) is 3.05. The molecule has 1 unspecified atom stereocenters. The number of fused-ring (bicyclic) bond motifs is 1. The van der Waals surface area contributed by atoms with Gasteiger partial charge in [-0.15, -0.1) is 0 Å². The van der Waals surface area contributed by atoms with Crippen LogP contribution in [0.5, 0.6) is 5.75 Å². The van der Waals surface area contributed by atoms with Crippen molar-refractivity contribution in [2.45, 2.75) is 25.0 Å². The van der Waals surface area contributed by atoms with E-state index in [-0.39, 0.29) is 17.9 Å². The SMILES string of the molecule is C[C@H]1CNC(=O)C2(C/C=C/COc3ccccc3C(=O)N1)CNCCO2. The lowest BCUT2D eigenvalue weighted by Gasteiger charge is -2.36. The van der Waals surface area contributed by atoms with Crippen LogP contribution < -0.4 is 20.7 Å². The number of carbonyl (C=O) groups is 2. The summed E-state index contributed by atoms with van der Waals surface area (Å²) < 4.78 is 11.6. The molecule has 0 bridgehead atoms. The molecule has 7 heteroatoms. The number of hydrogen-bond acceptors (Lipinski definition) is 5. The molecule has 2 amide bonds. The monoisotopic (exact) mass is 359 g/mol. The van der Waals surface area contributed by atoms with Gasteiger partial charge in [0, 0.05) is 32.1 Å². The first-order valence-electron chi connectivity index (χ1n) is 8.91. The molecule has 0 radical (unpaired) electrons. The molecule has 2 aliphatic rings. The van der Waals surface area contributed by atoms with Crippen molar-refractivity contribution in [3.8, 4) is 5.75 Å². The third kappa shape index (κ3) is 4.23. The van der Waals surface area contributed by atoms with Crippen LogP contribution in [0.1, 0.15) is 23.7 Å². The number of hydrogen-bond donors (Lipinski definition) is 3. The van der Waals surface area contributed by atoms with E-state index >= 15 is 0 Å². The lowest BCUT2D eigenvalue weighted by Crippen LogP contribution is -2.59. The maximum Gasteiger partial charge on any atom is 0.255 e. The van der Waals surface area contributed by atoms with Gasteiger partial charge in [-0.1, -0.05) is 24.3 Å². The van der Waals surface area contributed by atoms with Gasteiger partial charge in [0.15, 0.2) is 5.60 Å². The number of amides is 2. The Bertz CT molecular complexity index is 683. The molecule has 2 heterocycles. The van der Waals surface area contributed by atoms with Crippen molar-refractivity contribution in [3.63, 3.8) is 0 Å². The molecule has 26 heavy (non-hydrogen) atoms. The van der Waals surface area contributed by atoms with Crippen molar-refractivity contribution >= 4 is 11.8 Å². The van der Waals surface area contributed by atoms with E-state index in [0.717, 1.165) is 6.54 Å². The number of carbonyl (C=O) groups excluding carboxylic acids is 2. The van der Waals surface area contributed by atoms with Crippen LogP contribution in [0.15, 0.2) is 36.4 Å². The molecule has 2 aliphatic heterocycles. The average molecular weight is 359 g/mol. The van der Waals surface area contributed by atoms with Gasteiger partial charge < -0.3 is 25.4 Å². The van der Waals surface area contributed by atoms with E-state index in [9.17, 15) is 9.59 Å². The van der Waals surface area contributed by atoms with E-state index < -0.39 is 5.60 Å². The third-order valence-electron chi connectivity index (χ3n) is 4.51. The van der Waals surface area contributed by atoms with Crippen LogP contribution in [-0.2, 0) is 9.53 Å². The molecule has 1 spiro atoms. The van der Waals surface area contributed by atoms with Crippen molar-refractivity contribution in [1.29, 1.82) is 0 Å². The van der Waals surface area contributed by atoms with Crippen molar-refractivity contribution in [2.75, 3.05) is 32.8 Å². The maximum atomic E-state index is 12.7. The largest absolute Gasteiger partial charge is 0.489 e. The predicted molar refractivity (Wildman–Crippen MR) is 97.2 cm³/mol. The van der Waals surface area contributed by atoms with E-state index in [4.69, 9.17) is 9.47 Å². The van der Waals surface area contributed by atoms with Crippen LogP contribution in [0.25, 0.3) is 0 Å². The molecule has 2 atom stereocenters. The molecule has 1 aromatic rings. The Morgan fingerprint density at radius 3 is 2.85 bits per heavy atom. The fourth-order valence-corrected chi connectivity index (χ4v) is 3.05. The minimum absolute atomic E-state index is 0.172. The number of nitrogens with one attached hydrogen (secondary N) is 3. The van der Waals surface area contributed by atoms with Gasteiger partial charge in [-0.25, -0.2) is 0 Å². The standard InChI is InChI=1S/C19H25N3O4/c1-14-12-21-18(24)19(13-20-9-11-26-19)8-4-5-10-25-16-7-3-2-6-15(16)17(23)22-14/h2-7,14,20H,8-13H2,1H3,(H,21,24)(H,22,23)/b5-4+/t14-,19?/m0/s1. The van der Waals surface area contributed by atoms with Crippen LogP contribution >= 0.6 is 0 Å². The predicted octanol–water partition coefficient (Wildman–Crippen LogP) is 0.618. The summed E-state index contributed by atoms with van der Waals surface area (Å²) >= 11 is 0. The summed E-state index contributed by atoms with van der Waals surface area (Å²) in [5.41, 5.74) is -0.451. The minimum Gasteiger partial charge on any atom is -0.489 e. The zero-order valence-electron chi connectivity index (χ0n) is 14.9. The number of ether oxygens (including phenoxy) is 2. The molecular weight excluding hydrogens is 334 g/mol. The van der Waals surface area contributed by atoms with Crippen LogP contribution in [-0.4, -0.2) is 56.3 Å². The first-order valence-corrected chi connectivity index (χ1v) is 8.91. The molecule has 1 fully saturated rings. The molecule has 1 saturated heterocycles. The Hall–Kier alpha value is -2.38. The summed E-state index contributed by atoms with van der Waals surface area (Å²) in [6.07, 6.45) is 4.19. The zero-order chi connectivity index (χ0) is 18.4. The van der Waals surface area contributed by atoms with Crippen LogP contribution in [0.2, 0.25) is 0 Å². The smallest absolute Gasteiger partial charge is 0.255 e. The third-order valence-corrected chi connectivity index (χ3v) is 4.51. The van der Waals surface area contributed by atoms with Gasteiger partial charge in [0.25, 0.3) is 11.8 Å². The van der Waals surface area contributed by atoms with Gasteiger partial charge in [-0.3, -0.25) is 9.59 Å². The topological polar surface area (TPSA) is 88.7 Å². The Kier molecular flexibility index (Phi) is 5.90. The molecule has 3 rings (SSSR count). The first kappa shape index (κ1) is 18.4. The highest BCUT2D eigenvalue weighted by molar-refractivity contribution is 5.97. The van der Waals surface area contributed by atoms with Gasteiger partial charge in [0.2, 0.25) is 0 Å². The van der Waals surface area contributed by atoms with Crippen molar-refractivity contribution in [2.24, 2.45) is 0 Å². The Morgan fingerprint density at radius 2 is 2.04 bits per heavy atom. The first-order chi connectivity index (χ1) is 12.6. The molecule has 0 saturated carbocycles. The molecule has 3 N–H and O–H groups in total. The number of morpholine rings is 1. The molecular formula is C19H25N3O4. The van der Waals surface area contributed by atoms with E-state index in [1.54, 1.807) is 18.2 Å². The van der Waals surface area contributed by atoms with E-state index in [2.05, 4.69) is 16.0 Å².